The van der Waals surface area contributed by atoms with Crippen LogP contribution in [0, 0.1) is 0 Å². The van der Waals surface area contributed by atoms with Crippen LogP contribution in [0.25, 0.3) is 16.5 Å². The van der Waals surface area contributed by atoms with Crippen LogP contribution in [0.5, 0.6) is 5.88 Å². The first-order valence-corrected chi connectivity index (χ1v) is 9.62. The Kier molecular flexibility index (Phi) is 5.21. The second-order valence-corrected chi connectivity index (χ2v) is 7.15. The molecule has 0 aliphatic rings. The number of aromatic hydroxyl groups is 1. The predicted octanol–water partition coefficient (Wildman–Crippen LogP) is 5.30. The number of rotatable bonds is 4. The Bertz CT molecular complexity index is 1370. The number of para-hydroxylation sites is 1. The van der Waals surface area contributed by atoms with Crippen LogP contribution in [0.4, 0.5) is 5.69 Å². The SMILES string of the molecule is CC(=O)c1cccc(N=Cc2c(O)n(-c3ccccc3Cl)c(=O)c3ccccc23)c1. The van der Waals surface area contributed by atoms with E-state index in [0.717, 1.165) is 0 Å². The third-order valence-electron chi connectivity index (χ3n) is 4.79. The number of pyridine rings is 1. The third kappa shape index (κ3) is 3.51. The normalized spacial score (nSPS) is 11.3. The first kappa shape index (κ1) is 19.6. The number of Topliss-reactive ketones (excluding diaryl/α,β-unsaturated/α-hetero) is 1. The van der Waals surface area contributed by atoms with Gasteiger partial charge in [-0.3, -0.25) is 14.6 Å². The lowest BCUT2D eigenvalue weighted by atomic mass is 10.1. The van der Waals surface area contributed by atoms with Gasteiger partial charge in [-0.15, -0.1) is 0 Å². The molecule has 0 amide bonds. The van der Waals surface area contributed by atoms with Crippen LogP contribution < -0.4 is 5.56 Å². The number of fused-ring (bicyclic) bond motifs is 1. The molecule has 148 valence electrons. The average molecular weight is 417 g/mol. The Morgan fingerprint density at radius 2 is 1.70 bits per heavy atom. The summed E-state index contributed by atoms with van der Waals surface area (Å²) in [4.78, 5) is 29.2. The first-order chi connectivity index (χ1) is 14.5. The highest BCUT2D eigenvalue weighted by molar-refractivity contribution is 6.32. The highest BCUT2D eigenvalue weighted by atomic mass is 35.5. The topological polar surface area (TPSA) is 71.7 Å². The zero-order valence-corrected chi connectivity index (χ0v) is 16.8. The maximum absolute atomic E-state index is 13.1. The molecule has 1 N–H and O–H groups in total. The lowest BCUT2D eigenvalue weighted by Crippen LogP contribution is -2.20. The molecule has 1 aromatic heterocycles. The Labute approximate surface area is 177 Å². The summed E-state index contributed by atoms with van der Waals surface area (Å²) in [7, 11) is 0. The molecule has 4 aromatic rings. The number of hydrogen-bond acceptors (Lipinski definition) is 4. The number of carbonyl (C=O) groups excluding carboxylic acids is 1. The van der Waals surface area contributed by atoms with Gasteiger partial charge in [-0.05, 0) is 37.3 Å². The molecule has 5 nitrogen and oxygen atoms in total. The molecule has 0 atom stereocenters. The Hall–Kier alpha value is -3.70. The van der Waals surface area contributed by atoms with Gasteiger partial charge in [-0.2, -0.15) is 0 Å². The molecule has 0 unspecified atom stereocenters. The van der Waals surface area contributed by atoms with E-state index < -0.39 is 0 Å². The van der Waals surface area contributed by atoms with Gasteiger partial charge in [0, 0.05) is 22.6 Å². The van der Waals surface area contributed by atoms with Gasteiger partial charge in [0.15, 0.2) is 5.78 Å². The van der Waals surface area contributed by atoms with E-state index in [-0.39, 0.29) is 17.2 Å². The summed E-state index contributed by atoms with van der Waals surface area (Å²) in [5, 5.41) is 12.4. The maximum atomic E-state index is 13.1. The minimum atomic E-state index is -0.382. The molecule has 4 rings (SSSR count). The van der Waals surface area contributed by atoms with Crippen LogP contribution in [-0.2, 0) is 0 Å². The van der Waals surface area contributed by atoms with Crippen molar-refractivity contribution in [2.45, 2.75) is 6.92 Å². The Balaban J connectivity index is 1.96. The van der Waals surface area contributed by atoms with E-state index >= 15 is 0 Å². The number of halogens is 1. The van der Waals surface area contributed by atoms with Crippen LogP contribution in [0.3, 0.4) is 0 Å². The average Bonchev–Trinajstić information content (AvgIpc) is 2.75. The highest BCUT2D eigenvalue weighted by Crippen LogP contribution is 2.29. The molecule has 0 saturated carbocycles. The van der Waals surface area contributed by atoms with Crippen molar-refractivity contribution in [3.8, 4) is 11.6 Å². The summed E-state index contributed by atoms with van der Waals surface area (Å²) in [6.45, 7) is 1.49. The standard InChI is InChI=1S/C24H17ClN2O3/c1-15(28)16-7-6-8-17(13-16)26-14-20-18-9-2-3-10-19(18)23(29)27(24(20)30)22-12-5-4-11-21(22)25/h2-14,30H,1H3. The van der Waals surface area contributed by atoms with Crippen molar-refractivity contribution >= 4 is 40.1 Å². The van der Waals surface area contributed by atoms with E-state index in [0.29, 0.717) is 38.3 Å². The Morgan fingerprint density at radius 3 is 2.43 bits per heavy atom. The molecular formula is C24H17ClN2O3. The van der Waals surface area contributed by atoms with E-state index in [2.05, 4.69) is 4.99 Å². The summed E-state index contributed by atoms with van der Waals surface area (Å²) in [5.41, 5.74) is 1.47. The van der Waals surface area contributed by atoms with Gasteiger partial charge in [-0.1, -0.05) is 54.1 Å². The highest BCUT2D eigenvalue weighted by Gasteiger charge is 2.17. The molecule has 30 heavy (non-hydrogen) atoms. The van der Waals surface area contributed by atoms with Gasteiger partial charge in [0.25, 0.3) is 5.56 Å². The Morgan fingerprint density at radius 1 is 1.00 bits per heavy atom. The van der Waals surface area contributed by atoms with Crippen molar-refractivity contribution in [3.63, 3.8) is 0 Å². The zero-order valence-electron chi connectivity index (χ0n) is 16.0. The molecule has 6 heteroatoms. The lowest BCUT2D eigenvalue weighted by molar-refractivity contribution is 0.101. The van der Waals surface area contributed by atoms with Crippen molar-refractivity contribution in [1.82, 2.24) is 4.57 Å². The fourth-order valence-electron chi connectivity index (χ4n) is 3.29. The third-order valence-corrected chi connectivity index (χ3v) is 5.11. The van der Waals surface area contributed by atoms with Gasteiger partial charge in [-0.25, -0.2) is 4.57 Å². The quantitative estimate of drug-likeness (QED) is 0.362. The molecular weight excluding hydrogens is 400 g/mol. The van der Waals surface area contributed by atoms with Crippen LogP contribution in [-0.4, -0.2) is 21.7 Å². The monoisotopic (exact) mass is 416 g/mol. The smallest absolute Gasteiger partial charge is 0.265 e. The number of aromatic nitrogens is 1. The maximum Gasteiger partial charge on any atom is 0.265 e. The number of nitrogens with zero attached hydrogens (tertiary/aromatic N) is 2. The minimum absolute atomic E-state index is 0.0624. The van der Waals surface area contributed by atoms with Crippen molar-refractivity contribution in [1.29, 1.82) is 0 Å². The summed E-state index contributed by atoms with van der Waals surface area (Å²) >= 11 is 6.29. The van der Waals surface area contributed by atoms with Gasteiger partial charge in [0.2, 0.25) is 5.88 Å². The van der Waals surface area contributed by atoms with Gasteiger partial charge >= 0.3 is 0 Å². The summed E-state index contributed by atoms with van der Waals surface area (Å²) in [6, 6.07) is 20.7. The van der Waals surface area contributed by atoms with Crippen LogP contribution in [0.2, 0.25) is 5.02 Å². The summed E-state index contributed by atoms with van der Waals surface area (Å²) < 4.78 is 1.18. The van der Waals surface area contributed by atoms with Crippen molar-refractivity contribution in [3.05, 3.63) is 99.3 Å². The number of hydrogen-bond donors (Lipinski definition) is 1. The molecule has 1 heterocycles. The molecule has 0 spiro atoms. The molecule has 0 saturated heterocycles. The number of benzene rings is 3. The van der Waals surface area contributed by atoms with Gasteiger partial charge in [0.05, 0.1) is 22.0 Å². The van der Waals surface area contributed by atoms with Gasteiger partial charge in [0.1, 0.15) is 0 Å². The van der Waals surface area contributed by atoms with Crippen LogP contribution >= 0.6 is 11.6 Å². The molecule has 3 aromatic carbocycles. The number of carbonyl (C=O) groups is 1. The molecule has 0 fully saturated rings. The zero-order chi connectivity index (χ0) is 21.3. The van der Waals surface area contributed by atoms with E-state index in [1.165, 1.54) is 17.7 Å². The van der Waals surface area contributed by atoms with E-state index in [9.17, 15) is 14.7 Å². The first-order valence-electron chi connectivity index (χ1n) is 9.24. The predicted molar refractivity (Wildman–Crippen MR) is 120 cm³/mol. The lowest BCUT2D eigenvalue weighted by Gasteiger charge is -2.14. The largest absolute Gasteiger partial charge is 0.494 e. The number of aliphatic imine (C=N–C) groups is 1. The molecule has 0 radical (unpaired) electrons. The molecule has 0 aliphatic carbocycles. The van der Waals surface area contributed by atoms with E-state index in [1.54, 1.807) is 72.8 Å². The minimum Gasteiger partial charge on any atom is -0.494 e. The van der Waals surface area contributed by atoms with Crippen molar-refractivity contribution < 1.29 is 9.90 Å². The van der Waals surface area contributed by atoms with E-state index in [1.807, 2.05) is 0 Å². The van der Waals surface area contributed by atoms with Crippen molar-refractivity contribution in [2.24, 2.45) is 4.99 Å². The van der Waals surface area contributed by atoms with Crippen molar-refractivity contribution in [2.75, 3.05) is 0 Å². The number of ketones is 1. The van der Waals surface area contributed by atoms with E-state index in [4.69, 9.17) is 11.6 Å². The molecule has 0 aliphatic heterocycles. The van der Waals surface area contributed by atoms with Crippen LogP contribution in [0.15, 0.2) is 82.6 Å². The summed E-state index contributed by atoms with van der Waals surface area (Å²) in [6.07, 6.45) is 1.49. The summed E-state index contributed by atoms with van der Waals surface area (Å²) in [5.74, 6) is -0.328. The second-order valence-electron chi connectivity index (χ2n) is 6.74. The van der Waals surface area contributed by atoms with Crippen LogP contribution in [0.1, 0.15) is 22.8 Å². The van der Waals surface area contributed by atoms with Gasteiger partial charge < -0.3 is 5.11 Å². The fraction of sp³-hybridized carbons (Fsp3) is 0.0417. The molecule has 0 bridgehead atoms. The fourth-order valence-corrected chi connectivity index (χ4v) is 3.51. The second kappa shape index (κ2) is 7.97.